The molecule has 0 unspecified atom stereocenters. The van der Waals surface area contributed by atoms with Crippen molar-refractivity contribution in [3.8, 4) is 0 Å². The van der Waals surface area contributed by atoms with Crippen LogP contribution in [-0.2, 0) is 4.74 Å². The number of carbonyl (C=O) groups excluding carboxylic acids is 1. The molecular formula is C9H13ClN2O2. The summed E-state index contributed by atoms with van der Waals surface area (Å²) in [6, 6.07) is 0.228. The number of methoxy groups -OCH3 is 1. The SMILES string of the molecule is CC[C@H](C)n1cc(Cl)c(C(=O)OC)n1. The summed E-state index contributed by atoms with van der Waals surface area (Å²) >= 11 is 5.84. The fourth-order valence-electron chi connectivity index (χ4n) is 1.02. The van der Waals surface area contributed by atoms with E-state index in [0.717, 1.165) is 6.42 Å². The van der Waals surface area contributed by atoms with Crippen LogP contribution < -0.4 is 0 Å². The molecule has 1 heterocycles. The Balaban J connectivity index is 2.98. The molecule has 4 nitrogen and oxygen atoms in total. The molecule has 1 aromatic rings. The van der Waals surface area contributed by atoms with Crippen LogP contribution in [0.25, 0.3) is 0 Å². The summed E-state index contributed by atoms with van der Waals surface area (Å²) < 4.78 is 6.22. The van der Waals surface area contributed by atoms with E-state index < -0.39 is 5.97 Å². The summed E-state index contributed by atoms with van der Waals surface area (Å²) in [7, 11) is 1.31. The van der Waals surface area contributed by atoms with Gasteiger partial charge in [-0.2, -0.15) is 5.10 Å². The zero-order valence-electron chi connectivity index (χ0n) is 8.45. The van der Waals surface area contributed by atoms with Gasteiger partial charge in [-0.3, -0.25) is 4.68 Å². The van der Waals surface area contributed by atoms with E-state index in [1.807, 2.05) is 13.8 Å². The van der Waals surface area contributed by atoms with Crippen molar-refractivity contribution in [3.63, 3.8) is 0 Å². The molecule has 0 aromatic carbocycles. The maximum atomic E-state index is 11.2. The highest BCUT2D eigenvalue weighted by molar-refractivity contribution is 6.33. The Labute approximate surface area is 87.8 Å². The standard InChI is InChI=1S/C9H13ClN2O2/c1-4-6(2)12-5-7(10)8(11-12)9(13)14-3/h5-6H,4H2,1-3H3/t6-/m0/s1. The topological polar surface area (TPSA) is 44.1 Å². The van der Waals surface area contributed by atoms with Gasteiger partial charge in [0.2, 0.25) is 0 Å². The van der Waals surface area contributed by atoms with Crippen molar-refractivity contribution >= 4 is 17.6 Å². The van der Waals surface area contributed by atoms with Gasteiger partial charge in [-0.25, -0.2) is 4.79 Å². The Morgan fingerprint density at radius 3 is 2.93 bits per heavy atom. The molecular weight excluding hydrogens is 204 g/mol. The minimum absolute atomic E-state index is 0.175. The average molecular weight is 217 g/mol. The molecule has 0 spiro atoms. The number of carbonyl (C=O) groups is 1. The van der Waals surface area contributed by atoms with E-state index in [1.54, 1.807) is 10.9 Å². The number of nitrogens with zero attached hydrogens (tertiary/aromatic N) is 2. The fourth-order valence-corrected chi connectivity index (χ4v) is 1.23. The zero-order valence-corrected chi connectivity index (χ0v) is 9.21. The van der Waals surface area contributed by atoms with Gasteiger partial charge in [-0.15, -0.1) is 0 Å². The van der Waals surface area contributed by atoms with E-state index in [0.29, 0.717) is 5.02 Å². The molecule has 0 amide bonds. The molecule has 5 heteroatoms. The monoisotopic (exact) mass is 216 g/mol. The van der Waals surface area contributed by atoms with E-state index in [-0.39, 0.29) is 11.7 Å². The highest BCUT2D eigenvalue weighted by Crippen LogP contribution is 2.18. The van der Waals surface area contributed by atoms with Gasteiger partial charge in [0, 0.05) is 12.2 Å². The van der Waals surface area contributed by atoms with Crippen LogP contribution in [0.3, 0.4) is 0 Å². The maximum absolute atomic E-state index is 11.2. The van der Waals surface area contributed by atoms with Crippen molar-refractivity contribution in [1.29, 1.82) is 0 Å². The quantitative estimate of drug-likeness (QED) is 0.729. The van der Waals surface area contributed by atoms with Crippen LogP contribution in [-0.4, -0.2) is 22.9 Å². The second kappa shape index (κ2) is 4.46. The van der Waals surface area contributed by atoms with E-state index in [1.165, 1.54) is 7.11 Å². The van der Waals surface area contributed by atoms with E-state index >= 15 is 0 Å². The average Bonchev–Trinajstić information content (AvgIpc) is 2.58. The van der Waals surface area contributed by atoms with E-state index in [4.69, 9.17) is 11.6 Å². The van der Waals surface area contributed by atoms with E-state index in [9.17, 15) is 4.79 Å². The number of esters is 1. The number of rotatable bonds is 3. The molecule has 0 bridgehead atoms. The van der Waals surface area contributed by atoms with E-state index in [2.05, 4.69) is 9.84 Å². The van der Waals surface area contributed by atoms with Crippen molar-refractivity contribution in [1.82, 2.24) is 9.78 Å². The molecule has 0 N–H and O–H groups in total. The normalized spacial score (nSPS) is 12.6. The first-order valence-electron chi connectivity index (χ1n) is 4.43. The summed E-state index contributed by atoms with van der Waals surface area (Å²) in [6.45, 7) is 4.04. The van der Waals surface area contributed by atoms with Crippen LogP contribution >= 0.6 is 11.6 Å². The van der Waals surface area contributed by atoms with Gasteiger partial charge in [0.05, 0.1) is 12.1 Å². The predicted octanol–water partition coefficient (Wildman–Crippen LogP) is 2.29. The van der Waals surface area contributed by atoms with Gasteiger partial charge in [0.1, 0.15) is 0 Å². The molecule has 1 atom stereocenters. The lowest BCUT2D eigenvalue weighted by atomic mass is 10.3. The molecule has 0 saturated heterocycles. The molecule has 0 aliphatic heterocycles. The minimum Gasteiger partial charge on any atom is -0.464 e. The van der Waals surface area contributed by atoms with Crippen molar-refractivity contribution in [3.05, 3.63) is 16.9 Å². The summed E-state index contributed by atoms with van der Waals surface area (Å²) in [5.41, 5.74) is 0.175. The minimum atomic E-state index is -0.503. The Kier molecular flexibility index (Phi) is 3.52. The maximum Gasteiger partial charge on any atom is 0.360 e. The van der Waals surface area contributed by atoms with Crippen LogP contribution in [0.4, 0.5) is 0 Å². The third-order valence-electron chi connectivity index (χ3n) is 2.11. The number of hydrogen-bond acceptors (Lipinski definition) is 3. The van der Waals surface area contributed by atoms with Crippen LogP contribution in [0.2, 0.25) is 5.02 Å². The highest BCUT2D eigenvalue weighted by atomic mass is 35.5. The molecule has 14 heavy (non-hydrogen) atoms. The number of aromatic nitrogens is 2. The van der Waals surface area contributed by atoms with Crippen LogP contribution in [0.5, 0.6) is 0 Å². The van der Waals surface area contributed by atoms with Gasteiger partial charge < -0.3 is 4.74 Å². The Bertz CT molecular complexity index is 336. The molecule has 0 fully saturated rings. The summed E-state index contributed by atoms with van der Waals surface area (Å²) in [6.07, 6.45) is 2.57. The van der Waals surface area contributed by atoms with Crippen molar-refractivity contribution in [2.45, 2.75) is 26.3 Å². The highest BCUT2D eigenvalue weighted by Gasteiger charge is 2.17. The van der Waals surface area contributed by atoms with Crippen LogP contribution in [0.1, 0.15) is 36.8 Å². The van der Waals surface area contributed by atoms with Gasteiger partial charge in [-0.1, -0.05) is 18.5 Å². The number of hydrogen-bond donors (Lipinski definition) is 0. The predicted molar refractivity (Wildman–Crippen MR) is 53.6 cm³/mol. The second-order valence-electron chi connectivity index (χ2n) is 3.05. The third-order valence-corrected chi connectivity index (χ3v) is 2.39. The van der Waals surface area contributed by atoms with Crippen molar-refractivity contribution in [2.75, 3.05) is 7.11 Å². The Morgan fingerprint density at radius 2 is 2.43 bits per heavy atom. The third kappa shape index (κ3) is 2.07. The number of halogens is 1. The Morgan fingerprint density at radius 1 is 1.79 bits per heavy atom. The molecule has 1 rings (SSSR count). The smallest absolute Gasteiger partial charge is 0.360 e. The molecule has 1 aromatic heterocycles. The molecule has 0 aliphatic rings. The first kappa shape index (κ1) is 11.0. The lowest BCUT2D eigenvalue weighted by Gasteiger charge is -2.07. The number of ether oxygens (including phenoxy) is 1. The second-order valence-corrected chi connectivity index (χ2v) is 3.46. The van der Waals surface area contributed by atoms with Crippen molar-refractivity contribution < 1.29 is 9.53 Å². The molecule has 0 saturated carbocycles. The van der Waals surface area contributed by atoms with Crippen molar-refractivity contribution in [2.24, 2.45) is 0 Å². The molecule has 78 valence electrons. The van der Waals surface area contributed by atoms with Crippen LogP contribution in [0.15, 0.2) is 6.20 Å². The van der Waals surface area contributed by atoms with Gasteiger partial charge in [0.15, 0.2) is 5.69 Å². The molecule has 0 radical (unpaired) electrons. The summed E-state index contributed by atoms with van der Waals surface area (Å²) in [5, 5.41) is 4.39. The van der Waals surface area contributed by atoms with Gasteiger partial charge in [0.25, 0.3) is 0 Å². The summed E-state index contributed by atoms with van der Waals surface area (Å²) in [5.74, 6) is -0.503. The first-order valence-corrected chi connectivity index (χ1v) is 4.80. The largest absolute Gasteiger partial charge is 0.464 e. The van der Waals surface area contributed by atoms with Crippen LogP contribution in [0, 0.1) is 0 Å². The zero-order chi connectivity index (χ0) is 10.7. The molecule has 0 aliphatic carbocycles. The lowest BCUT2D eigenvalue weighted by Crippen LogP contribution is -2.08. The van der Waals surface area contributed by atoms with Gasteiger partial charge in [-0.05, 0) is 13.3 Å². The lowest BCUT2D eigenvalue weighted by molar-refractivity contribution is 0.0593. The first-order chi connectivity index (χ1) is 6.60. The Hall–Kier alpha value is -1.03. The summed E-state index contributed by atoms with van der Waals surface area (Å²) in [4.78, 5) is 11.2. The van der Waals surface area contributed by atoms with Gasteiger partial charge >= 0.3 is 5.97 Å². The fraction of sp³-hybridized carbons (Fsp3) is 0.556.